The van der Waals surface area contributed by atoms with Gasteiger partial charge < -0.3 is 4.67 Å². The summed E-state index contributed by atoms with van der Waals surface area (Å²) in [4.78, 5) is 0. The fraction of sp³-hybridized carbons (Fsp3) is 0.500. The highest BCUT2D eigenvalue weighted by atomic mass is 31.0. The lowest BCUT2D eigenvalue weighted by atomic mass is 10.0. The summed E-state index contributed by atoms with van der Waals surface area (Å²) in [6.07, 6.45) is 2.44. The van der Waals surface area contributed by atoms with Crippen LogP contribution in [-0.2, 0) is 0 Å². The smallest absolute Gasteiger partial charge is 0.128 e. The fourth-order valence-corrected chi connectivity index (χ4v) is 2.17. The summed E-state index contributed by atoms with van der Waals surface area (Å²) < 4.78 is 15.8. The Balaban J connectivity index is 2.24. The Kier molecular flexibility index (Phi) is 2.97. The van der Waals surface area contributed by atoms with Gasteiger partial charge in [0.05, 0.1) is 0 Å². The summed E-state index contributed by atoms with van der Waals surface area (Å²) in [6, 6.07) is 6.14. The molecule has 0 aliphatic heterocycles. The first kappa shape index (κ1) is 10.9. The molecule has 1 aliphatic carbocycles. The Morgan fingerprint density at radius 1 is 1.40 bits per heavy atom. The third-order valence-corrected chi connectivity index (χ3v) is 3.56. The van der Waals surface area contributed by atoms with Crippen molar-refractivity contribution in [3.05, 3.63) is 29.6 Å². The number of anilines is 1. The van der Waals surface area contributed by atoms with E-state index in [0.717, 1.165) is 11.3 Å². The standard InChI is InChI=1S/C12H17FNP/c1-8(2)11-6-5-10(7-12(11)13)14(15)9-3-4-9/h5-9H,3-4,15H2,1-2H3. The zero-order chi connectivity index (χ0) is 11.0. The first-order valence-corrected chi connectivity index (χ1v) is 5.94. The molecule has 1 aromatic carbocycles. The number of benzene rings is 1. The summed E-state index contributed by atoms with van der Waals surface area (Å²) in [5.74, 6) is 0.161. The normalized spacial score (nSPS) is 15.8. The molecule has 1 unspecified atom stereocenters. The van der Waals surface area contributed by atoms with Gasteiger partial charge in [-0.05, 0) is 45.8 Å². The highest BCUT2D eigenvalue weighted by molar-refractivity contribution is 7.19. The maximum Gasteiger partial charge on any atom is 0.128 e. The minimum Gasteiger partial charge on any atom is -0.353 e. The Bertz CT molecular complexity index is 361. The van der Waals surface area contributed by atoms with E-state index in [1.54, 1.807) is 6.07 Å². The van der Waals surface area contributed by atoms with Gasteiger partial charge in [0.15, 0.2) is 0 Å². The van der Waals surface area contributed by atoms with E-state index in [9.17, 15) is 4.39 Å². The maximum absolute atomic E-state index is 13.7. The van der Waals surface area contributed by atoms with Crippen LogP contribution in [0.25, 0.3) is 0 Å². The predicted molar refractivity (Wildman–Crippen MR) is 65.7 cm³/mol. The van der Waals surface area contributed by atoms with Crippen LogP contribution in [-0.4, -0.2) is 6.04 Å². The Morgan fingerprint density at radius 2 is 2.07 bits per heavy atom. The monoisotopic (exact) mass is 225 g/mol. The Morgan fingerprint density at radius 3 is 2.53 bits per heavy atom. The van der Waals surface area contributed by atoms with E-state index in [-0.39, 0.29) is 11.7 Å². The molecule has 1 nitrogen and oxygen atoms in total. The van der Waals surface area contributed by atoms with Crippen LogP contribution in [0.1, 0.15) is 38.2 Å². The van der Waals surface area contributed by atoms with Crippen molar-refractivity contribution < 1.29 is 4.39 Å². The van der Waals surface area contributed by atoms with Crippen LogP contribution in [0, 0.1) is 5.82 Å². The number of halogens is 1. The second kappa shape index (κ2) is 4.09. The molecule has 82 valence electrons. The van der Waals surface area contributed by atoms with Crippen molar-refractivity contribution in [3.63, 3.8) is 0 Å². The summed E-state index contributed by atoms with van der Waals surface area (Å²) in [7, 11) is 2.68. The average molecular weight is 225 g/mol. The predicted octanol–water partition coefficient (Wildman–Crippen LogP) is 3.71. The average Bonchev–Trinajstić information content (AvgIpc) is 2.99. The van der Waals surface area contributed by atoms with Crippen LogP contribution in [0.3, 0.4) is 0 Å². The zero-order valence-corrected chi connectivity index (χ0v) is 10.4. The lowest BCUT2D eigenvalue weighted by Gasteiger charge is -2.19. The van der Waals surface area contributed by atoms with Crippen molar-refractivity contribution in [1.82, 2.24) is 0 Å². The molecule has 15 heavy (non-hydrogen) atoms. The molecule has 0 N–H and O–H groups in total. The van der Waals surface area contributed by atoms with Gasteiger partial charge in [0.25, 0.3) is 0 Å². The molecule has 0 aromatic heterocycles. The zero-order valence-electron chi connectivity index (χ0n) is 9.20. The lowest BCUT2D eigenvalue weighted by molar-refractivity contribution is 0.598. The first-order valence-electron chi connectivity index (χ1n) is 5.43. The van der Waals surface area contributed by atoms with Crippen LogP contribution in [0.4, 0.5) is 10.1 Å². The van der Waals surface area contributed by atoms with Gasteiger partial charge >= 0.3 is 0 Å². The highest BCUT2D eigenvalue weighted by Gasteiger charge is 2.27. The van der Waals surface area contributed by atoms with Crippen molar-refractivity contribution in [2.45, 2.75) is 38.6 Å². The van der Waals surface area contributed by atoms with Crippen molar-refractivity contribution >= 4 is 15.1 Å². The van der Waals surface area contributed by atoms with Gasteiger partial charge in [-0.3, -0.25) is 0 Å². The number of hydrogen-bond donors (Lipinski definition) is 0. The van der Waals surface area contributed by atoms with Crippen molar-refractivity contribution in [2.75, 3.05) is 4.67 Å². The quantitative estimate of drug-likeness (QED) is 0.709. The molecule has 0 radical (unpaired) electrons. The Hall–Kier alpha value is -0.620. The molecule has 1 aromatic rings. The molecule has 3 heteroatoms. The third-order valence-electron chi connectivity index (χ3n) is 2.84. The van der Waals surface area contributed by atoms with Crippen LogP contribution >= 0.6 is 9.39 Å². The number of hydrogen-bond acceptors (Lipinski definition) is 1. The van der Waals surface area contributed by atoms with Gasteiger partial charge in [-0.25, -0.2) is 4.39 Å². The molecular formula is C12H17FNP. The molecule has 1 saturated carbocycles. The van der Waals surface area contributed by atoms with E-state index in [4.69, 9.17) is 0 Å². The lowest BCUT2D eigenvalue weighted by Crippen LogP contribution is -2.12. The molecule has 1 fully saturated rings. The van der Waals surface area contributed by atoms with E-state index in [1.807, 2.05) is 26.0 Å². The topological polar surface area (TPSA) is 3.24 Å². The molecule has 1 atom stereocenters. The maximum atomic E-state index is 13.7. The van der Waals surface area contributed by atoms with Gasteiger partial charge in [0.2, 0.25) is 0 Å². The van der Waals surface area contributed by atoms with Crippen LogP contribution < -0.4 is 4.67 Å². The second-order valence-corrected chi connectivity index (χ2v) is 5.06. The Labute approximate surface area is 92.9 Å². The van der Waals surface area contributed by atoms with Crippen molar-refractivity contribution in [1.29, 1.82) is 0 Å². The molecule has 0 bridgehead atoms. The number of nitrogens with zero attached hydrogens (tertiary/aromatic N) is 1. The van der Waals surface area contributed by atoms with E-state index in [2.05, 4.69) is 14.1 Å². The SMILES string of the molecule is CC(C)c1ccc(N(P)C2CC2)cc1F. The van der Waals surface area contributed by atoms with Gasteiger partial charge in [-0.2, -0.15) is 0 Å². The second-order valence-electron chi connectivity index (χ2n) is 4.50. The van der Waals surface area contributed by atoms with Crippen molar-refractivity contribution in [2.24, 2.45) is 0 Å². The van der Waals surface area contributed by atoms with Crippen LogP contribution in [0.2, 0.25) is 0 Å². The minimum absolute atomic E-state index is 0.0874. The van der Waals surface area contributed by atoms with Crippen molar-refractivity contribution in [3.8, 4) is 0 Å². The van der Waals surface area contributed by atoms with Crippen LogP contribution in [0.15, 0.2) is 18.2 Å². The van der Waals surface area contributed by atoms with E-state index < -0.39 is 0 Å². The molecule has 0 saturated heterocycles. The minimum atomic E-state index is -0.0874. The largest absolute Gasteiger partial charge is 0.353 e. The van der Waals surface area contributed by atoms with Gasteiger partial charge in [-0.1, -0.05) is 19.9 Å². The third kappa shape index (κ3) is 2.31. The highest BCUT2D eigenvalue weighted by Crippen LogP contribution is 2.35. The molecule has 2 rings (SSSR count). The number of rotatable bonds is 3. The summed E-state index contributed by atoms with van der Waals surface area (Å²) >= 11 is 0. The summed E-state index contributed by atoms with van der Waals surface area (Å²) in [6.45, 7) is 4.02. The summed E-state index contributed by atoms with van der Waals surface area (Å²) in [5, 5.41) is 0. The van der Waals surface area contributed by atoms with Gasteiger partial charge in [0.1, 0.15) is 5.82 Å². The molecule has 0 spiro atoms. The van der Waals surface area contributed by atoms with E-state index >= 15 is 0 Å². The molecule has 0 heterocycles. The molecule has 0 amide bonds. The fourth-order valence-electron chi connectivity index (χ4n) is 1.71. The van der Waals surface area contributed by atoms with E-state index in [0.29, 0.717) is 6.04 Å². The summed E-state index contributed by atoms with van der Waals surface area (Å²) in [5.41, 5.74) is 1.76. The van der Waals surface area contributed by atoms with Gasteiger partial charge in [0, 0.05) is 11.7 Å². The van der Waals surface area contributed by atoms with E-state index in [1.165, 1.54) is 12.8 Å². The molecular weight excluding hydrogens is 208 g/mol. The van der Waals surface area contributed by atoms with Crippen LogP contribution in [0.5, 0.6) is 0 Å². The first-order chi connectivity index (χ1) is 7.09. The van der Waals surface area contributed by atoms with Gasteiger partial charge in [-0.15, -0.1) is 0 Å². The molecule has 1 aliphatic rings.